The summed E-state index contributed by atoms with van der Waals surface area (Å²) >= 11 is 7.38. The molecule has 0 aromatic carbocycles. The molecule has 0 amide bonds. The second-order valence-electron chi connectivity index (χ2n) is 1.85. The molecule has 0 bridgehead atoms. The number of rotatable bonds is 4. The number of halogens is 3. The molecule has 0 spiro atoms. The molecule has 0 aromatic heterocycles. The SMILES string of the molecule is CCCCCC=N.[I][Ru]([I])[I]. The summed E-state index contributed by atoms with van der Waals surface area (Å²) in [6.45, 7) is 2.17. The second-order valence-corrected chi connectivity index (χ2v) is 42.0. The van der Waals surface area contributed by atoms with Gasteiger partial charge >= 0.3 is 64.7 Å². The van der Waals surface area contributed by atoms with Crippen molar-refractivity contribution in [3.05, 3.63) is 0 Å². The van der Waals surface area contributed by atoms with Gasteiger partial charge in [0, 0.05) is 0 Å². The molecule has 0 saturated heterocycles. The van der Waals surface area contributed by atoms with Gasteiger partial charge in [-0.3, -0.25) is 0 Å². The average Bonchev–Trinajstić information content (AvgIpc) is 1.88. The third-order valence-corrected chi connectivity index (χ3v) is 0.952. The fourth-order valence-electron chi connectivity index (χ4n) is 0.496. The van der Waals surface area contributed by atoms with Crippen LogP contribution >= 0.6 is 59.3 Å². The van der Waals surface area contributed by atoms with Gasteiger partial charge in [0.05, 0.1) is 0 Å². The fourth-order valence-corrected chi connectivity index (χ4v) is 0.496. The maximum absolute atomic E-state index is 6.66. The quantitative estimate of drug-likeness (QED) is 0.212. The van der Waals surface area contributed by atoms with E-state index in [2.05, 4.69) is 66.2 Å². The molecule has 0 radical (unpaired) electrons. The van der Waals surface area contributed by atoms with E-state index in [4.69, 9.17) is 5.41 Å². The molecule has 0 aromatic rings. The van der Waals surface area contributed by atoms with Crippen LogP contribution in [0, 0.1) is 5.41 Å². The van der Waals surface area contributed by atoms with Gasteiger partial charge in [-0.25, -0.2) is 0 Å². The summed E-state index contributed by atoms with van der Waals surface area (Å²) in [4.78, 5) is 0. The van der Waals surface area contributed by atoms with E-state index in [0.29, 0.717) is 0 Å². The number of hydrogen-bond donors (Lipinski definition) is 1. The van der Waals surface area contributed by atoms with Gasteiger partial charge in [-0.15, -0.1) is 0 Å². The van der Waals surface area contributed by atoms with Crippen molar-refractivity contribution in [2.45, 2.75) is 32.6 Å². The van der Waals surface area contributed by atoms with E-state index in [0.717, 1.165) is 6.42 Å². The number of hydrogen-bond acceptors (Lipinski definition) is 1. The summed E-state index contributed by atoms with van der Waals surface area (Å²) in [6, 6.07) is 0. The van der Waals surface area contributed by atoms with Crippen molar-refractivity contribution in [3.8, 4) is 0 Å². The Bertz CT molecular complexity index is 77.5. The van der Waals surface area contributed by atoms with E-state index >= 15 is 0 Å². The van der Waals surface area contributed by atoms with Gasteiger partial charge < -0.3 is 5.41 Å². The van der Waals surface area contributed by atoms with Gasteiger partial charge in [0.25, 0.3) is 0 Å². The minimum absolute atomic E-state index is 0.260. The predicted octanol–water partition coefficient (Wildman–Crippen LogP) is 4.87. The second kappa shape index (κ2) is 15.0. The van der Waals surface area contributed by atoms with Gasteiger partial charge in [-0.1, -0.05) is 19.8 Å². The molecular weight excluding hydrogens is 568 g/mol. The predicted molar refractivity (Wildman–Crippen MR) is 75.0 cm³/mol. The zero-order chi connectivity index (χ0) is 9.11. The molecule has 0 aliphatic heterocycles. The first-order valence-electron chi connectivity index (χ1n) is 3.30. The molecule has 0 aliphatic carbocycles. The minimum atomic E-state index is -0.260. The Balaban J connectivity index is 0. The first-order valence-corrected chi connectivity index (χ1v) is 18.8. The van der Waals surface area contributed by atoms with Crippen molar-refractivity contribution in [1.29, 1.82) is 5.41 Å². The standard InChI is InChI=1S/C6H13N.3HI.Ru/c1-2-3-4-5-6-7;;;;/h6-7H,2-5H2,1H3;3*1H;/q;;;;+3/p-3. The van der Waals surface area contributed by atoms with Crippen LogP contribution in [-0.4, -0.2) is 6.21 Å². The molecule has 0 heterocycles. The van der Waals surface area contributed by atoms with Crippen molar-refractivity contribution in [1.82, 2.24) is 0 Å². The van der Waals surface area contributed by atoms with E-state index in [-0.39, 0.29) is 5.41 Å². The van der Waals surface area contributed by atoms with Gasteiger partial charge in [-0.05, 0) is 19.1 Å². The molecular formula is C6H13I3NRu. The Morgan fingerprint density at radius 2 is 1.73 bits per heavy atom. The zero-order valence-electron chi connectivity index (χ0n) is 6.39. The van der Waals surface area contributed by atoms with Crippen molar-refractivity contribution in [2.24, 2.45) is 0 Å². The van der Waals surface area contributed by atoms with E-state index in [1.54, 1.807) is 0 Å². The van der Waals surface area contributed by atoms with Crippen molar-refractivity contribution < 1.29 is 5.41 Å². The third kappa shape index (κ3) is 32.6. The Morgan fingerprint density at radius 1 is 1.27 bits per heavy atom. The van der Waals surface area contributed by atoms with Crippen molar-refractivity contribution >= 4 is 65.5 Å². The summed E-state index contributed by atoms with van der Waals surface area (Å²) in [5.74, 6) is 0. The molecule has 0 fully saturated rings. The van der Waals surface area contributed by atoms with Crippen LogP contribution in [0.4, 0.5) is 0 Å². The van der Waals surface area contributed by atoms with Crippen LogP contribution in [0.25, 0.3) is 0 Å². The molecule has 0 unspecified atom stereocenters. The maximum atomic E-state index is 6.66. The van der Waals surface area contributed by atoms with Gasteiger partial charge in [0.2, 0.25) is 0 Å². The number of unbranched alkanes of at least 4 members (excludes halogenated alkanes) is 3. The average molecular weight is 581 g/mol. The van der Waals surface area contributed by atoms with Crippen LogP contribution in [0.15, 0.2) is 0 Å². The fraction of sp³-hybridized carbons (Fsp3) is 0.833. The van der Waals surface area contributed by atoms with Crippen molar-refractivity contribution in [3.63, 3.8) is 0 Å². The molecule has 0 atom stereocenters. The van der Waals surface area contributed by atoms with Gasteiger partial charge in [0.15, 0.2) is 0 Å². The molecule has 0 rings (SSSR count). The Hall–Kier alpha value is 2.48. The van der Waals surface area contributed by atoms with Gasteiger partial charge in [-0.2, -0.15) is 0 Å². The number of nitrogens with one attached hydrogen (secondary N) is 1. The van der Waals surface area contributed by atoms with E-state index in [1.165, 1.54) is 25.5 Å². The van der Waals surface area contributed by atoms with Crippen molar-refractivity contribution in [2.75, 3.05) is 0 Å². The van der Waals surface area contributed by atoms with E-state index in [1.807, 2.05) is 0 Å². The normalized spacial score (nSPS) is 9.64. The van der Waals surface area contributed by atoms with Crippen LogP contribution in [0.2, 0.25) is 0 Å². The van der Waals surface area contributed by atoms with Gasteiger partial charge in [0.1, 0.15) is 0 Å². The van der Waals surface area contributed by atoms with Crippen LogP contribution in [0.5, 0.6) is 0 Å². The molecule has 0 saturated carbocycles. The molecule has 1 nitrogen and oxygen atoms in total. The molecule has 0 aliphatic rings. The summed E-state index contributed by atoms with van der Waals surface area (Å²) in [5, 5.41) is 6.40. The van der Waals surface area contributed by atoms with Crippen LogP contribution in [0.1, 0.15) is 32.6 Å². The first kappa shape index (κ1) is 15.9. The molecule has 5 heteroatoms. The van der Waals surface area contributed by atoms with Crippen LogP contribution < -0.4 is 0 Å². The van der Waals surface area contributed by atoms with Crippen LogP contribution in [-0.2, 0) is 5.41 Å². The zero-order valence-corrected chi connectivity index (χ0v) is 14.6. The van der Waals surface area contributed by atoms with E-state index < -0.39 is 0 Å². The van der Waals surface area contributed by atoms with Crippen LogP contribution in [0.3, 0.4) is 0 Å². The third-order valence-electron chi connectivity index (χ3n) is 0.952. The molecule has 11 heavy (non-hydrogen) atoms. The molecule has 71 valence electrons. The summed E-state index contributed by atoms with van der Waals surface area (Å²) in [6.07, 6.45) is 6.17. The Labute approximate surface area is 107 Å². The summed E-state index contributed by atoms with van der Waals surface area (Å²) < 4.78 is 0. The Kier molecular flexibility index (Phi) is 21.7. The summed E-state index contributed by atoms with van der Waals surface area (Å²) in [7, 11) is 0. The monoisotopic (exact) mass is 582 g/mol. The molecule has 1 N–H and O–H groups in total. The topological polar surface area (TPSA) is 23.9 Å². The summed E-state index contributed by atoms with van der Waals surface area (Å²) in [5.41, 5.74) is 0. The first-order chi connectivity index (χ1) is 5.15. The Morgan fingerprint density at radius 3 is 2.00 bits per heavy atom. The van der Waals surface area contributed by atoms with E-state index in [9.17, 15) is 0 Å².